The van der Waals surface area contributed by atoms with Gasteiger partial charge in [-0.15, -0.1) is 0 Å². The summed E-state index contributed by atoms with van der Waals surface area (Å²) in [5.74, 6) is 0. The Labute approximate surface area is 111 Å². The van der Waals surface area contributed by atoms with E-state index < -0.39 is 0 Å². The Kier molecular flexibility index (Phi) is 4.42. The molecule has 1 N–H and O–H groups in total. The van der Waals surface area contributed by atoms with E-state index in [1.165, 1.54) is 5.69 Å². The molecule has 0 bridgehead atoms. The molecule has 0 spiro atoms. The minimum atomic E-state index is 0.0698. The van der Waals surface area contributed by atoms with Gasteiger partial charge in [0.15, 0.2) is 0 Å². The first-order valence-electron chi connectivity index (χ1n) is 5.96. The molecular formula is C13H18BrNO2. The Morgan fingerprint density at radius 1 is 1.53 bits per heavy atom. The van der Waals surface area contributed by atoms with Gasteiger partial charge in [-0.1, -0.05) is 22.0 Å². The number of hydrogen-bond donors (Lipinski definition) is 1. The van der Waals surface area contributed by atoms with Gasteiger partial charge in [-0.2, -0.15) is 0 Å². The summed E-state index contributed by atoms with van der Waals surface area (Å²) in [6.45, 7) is 4.96. The van der Waals surface area contributed by atoms with E-state index in [0.717, 1.165) is 36.2 Å². The molecule has 4 heteroatoms. The van der Waals surface area contributed by atoms with E-state index in [4.69, 9.17) is 9.84 Å². The number of hydrogen-bond acceptors (Lipinski definition) is 3. The summed E-state index contributed by atoms with van der Waals surface area (Å²) in [5, 5.41) is 9.14. The molecule has 0 aliphatic carbocycles. The van der Waals surface area contributed by atoms with Gasteiger partial charge in [-0.3, -0.25) is 0 Å². The third kappa shape index (κ3) is 3.21. The van der Waals surface area contributed by atoms with Gasteiger partial charge in [0.05, 0.1) is 12.7 Å². The SMILES string of the molecule is CC1CN(c2ccc(CO)c(Br)c2)CCCO1. The maximum Gasteiger partial charge on any atom is 0.0721 e. The van der Waals surface area contributed by atoms with E-state index in [1.807, 2.05) is 6.07 Å². The predicted octanol–water partition coefficient (Wildman–Crippen LogP) is 2.56. The molecule has 1 fully saturated rings. The third-order valence-electron chi connectivity index (χ3n) is 3.02. The molecule has 1 heterocycles. The number of halogens is 1. The van der Waals surface area contributed by atoms with Crippen molar-refractivity contribution in [2.45, 2.75) is 26.1 Å². The van der Waals surface area contributed by atoms with Crippen molar-refractivity contribution in [3.63, 3.8) is 0 Å². The summed E-state index contributed by atoms with van der Waals surface area (Å²) in [7, 11) is 0. The number of aliphatic hydroxyl groups excluding tert-OH is 1. The molecule has 17 heavy (non-hydrogen) atoms. The van der Waals surface area contributed by atoms with Crippen LogP contribution in [0.15, 0.2) is 22.7 Å². The average Bonchev–Trinajstić information content (AvgIpc) is 2.54. The van der Waals surface area contributed by atoms with Crippen LogP contribution in [0.1, 0.15) is 18.9 Å². The van der Waals surface area contributed by atoms with Crippen LogP contribution in [0, 0.1) is 0 Å². The maximum absolute atomic E-state index is 9.14. The van der Waals surface area contributed by atoms with Crippen molar-refractivity contribution in [3.05, 3.63) is 28.2 Å². The topological polar surface area (TPSA) is 32.7 Å². The number of aliphatic hydroxyl groups is 1. The van der Waals surface area contributed by atoms with Crippen LogP contribution in [0.5, 0.6) is 0 Å². The molecule has 0 radical (unpaired) electrons. The first kappa shape index (κ1) is 12.9. The van der Waals surface area contributed by atoms with Crippen molar-refractivity contribution in [1.29, 1.82) is 0 Å². The smallest absolute Gasteiger partial charge is 0.0721 e. The fraction of sp³-hybridized carbons (Fsp3) is 0.538. The molecule has 1 saturated heterocycles. The second-order valence-electron chi connectivity index (χ2n) is 4.41. The van der Waals surface area contributed by atoms with Crippen molar-refractivity contribution in [2.75, 3.05) is 24.6 Å². The molecule has 0 saturated carbocycles. The van der Waals surface area contributed by atoms with Crippen LogP contribution in [0.2, 0.25) is 0 Å². The highest BCUT2D eigenvalue weighted by Crippen LogP contribution is 2.25. The van der Waals surface area contributed by atoms with E-state index in [1.54, 1.807) is 0 Å². The Balaban J connectivity index is 2.17. The van der Waals surface area contributed by atoms with E-state index in [9.17, 15) is 0 Å². The van der Waals surface area contributed by atoms with E-state index >= 15 is 0 Å². The molecule has 1 unspecified atom stereocenters. The monoisotopic (exact) mass is 299 g/mol. The zero-order valence-corrected chi connectivity index (χ0v) is 11.6. The summed E-state index contributed by atoms with van der Waals surface area (Å²) in [5.41, 5.74) is 2.11. The lowest BCUT2D eigenvalue weighted by molar-refractivity contribution is 0.0821. The molecule has 2 rings (SSSR count). The largest absolute Gasteiger partial charge is 0.392 e. The van der Waals surface area contributed by atoms with E-state index in [-0.39, 0.29) is 12.7 Å². The summed E-state index contributed by atoms with van der Waals surface area (Å²) >= 11 is 3.49. The van der Waals surface area contributed by atoms with Crippen LogP contribution in [-0.4, -0.2) is 30.9 Å². The second-order valence-corrected chi connectivity index (χ2v) is 5.27. The molecule has 1 aliphatic rings. The molecule has 1 atom stereocenters. The quantitative estimate of drug-likeness (QED) is 0.911. The van der Waals surface area contributed by atoms with Gasteiger partial charge in [0.2, 0.25) is 0 Å². The summed E-state index contributed by atoms with van der Waals surface area (Å²) in [6.07, 6.45) is 1.33. The number of rotatable bonds is 2. The van der Waals surface area contributed by atoms with Gasteiger partial charge in [-0.05, 0) is 31.0 Å². The minimum Gasteiger partial charge on any atom is -0.392 e. The standard InChI is InChI=1S/C13H18BrNO2/c1-10-8-15(5-2-6-17-10)12-4-3-11(9-16)13(14)7-12/h3-4,7,10,16H,2,5-6,8-9H2,1H3. The van der Waals surface area contributed by atoms with Crippen molar-refractivity contribution in [2.24, 2.45) is 0 Å². The number of nitrogens with zero attached hydrogens (tertiary/aromatic N) is 1. The Bertz CT molecular complexity index is 384. The van der Waals surface area contributed by atoms with E-state index in [0.29, 0.717) is 0 Å². The van der Waals surface area contributed by atoms with Crippen LogP contribution < -0.4 is 4.90 Å². The molecule has 1 aromatic carbocycles. The summed E-state index contributed by atoms with van der Waals surface area (Å²) < 4.78 is 6.60. The lowest BCUT2D eigenvalue weighted by atomic mass is 10.2. The molecular weight excluding hydrogens is 282 g/mol. The molecule has 0 aromatic heterocycles. The Hall–Kier alpha value is -0.580. The van der Waals surface area contributed by atoms with Crippen LogP contribution in [0.3, 0.4) is 0 Å². The molecule has 94 valence electrons. The first-order valence-corrected chi connectivity index (χ1v) is 6.76. The fourth-order valence-electron chi connectivity index (χ4n) is 2.09. The molecule has 1 aromatic rings. The van der Waals surface area contributed by atoms with Crippen LogP contribution >= 0.6 is 15.9 Å². The minimum absolute atomic E-state index is 0.0698. The molecule has 3 nitrogen and oxygen atoms in total. The molecule has 0 amide bonds. The van der Waals surface area contributed by atoms with E-state index in [2.05, 4.69) is 39.9 Å². The number of ether oxygens (including phenoxy) is 1. The van der Waals surface area contributed by atoms with Gasteiger partial charge in [0.25, 0.3) is 0 Å². The van der Waals surface area contributed by atoms with Crippen molar-refractivity contribution in [3.8, 4) is 0 Å². The van der Waals surface area contributed by atoms with Crippen LogP contribution in [0.25, 0.3) is 0 Å². The van der Waals surface area contributed by atoms with Crippen LogP contribution in [-0.2, 0) is 11.3 Å². The lowest BCUT2D eigenvalue weighted by Crippen LogP contribution is -2.30. The first-order chi connectivity index (χ1) is 8.20. The number of anilines is 1. The van der Waals surface area contributed by atoms with Crippen molar-refractivity contribution >= 4 is 21.6 Å². The Morgan fingerprint density at radius 3 is 3.06 bits per heavy atom. The predicted molar refractivity (Wildman–Crippen MR) is 72.3 cm³/mol. The maximum atomic E-state index is 9.14. The lowest BCUT2D eigenvalue weighted by Gasteiger charge is -2.24. The number of benzene rings is 1. The van der Waals surface area contributed by atoms with Crippen molar-refractivity contribution < 1.29 is 9.84 Å². The normalized spacial score (nSPS) is 21.4. The molecule has 1 aliphatic heterocycles. The highest BCUT2D eigenvalue weighted by Gasteiger charge is 2.15. The van der Waals surface area contributed by atoms with Gasteiger partial charge in [0.1, 0.15) is 0 Å². The average molecular weight is 300 g/mol. The van der Waals surface area contributed by atoms with Gasteiger partial charge in [0, 0.05) is 29.9 Å². The van der Waals surface area contributed by atoms with Gasteiger partial charge >= 0.3 is 0 Å². The van der Waals surface area contributed by atoms with Gasteiger partial charge < -0.3 is 14.7 Å². The second kappa shape index (κ2) is 5.85. The van der Waals surface area contributed by atoms with Gasteiger partial charge in [-0.25, -0.2) is 0 Å². The zero-order valence-electron chi connectivity index (χ0n) is 10.0. The zero-order chi connectivity index (χ0) is 12.3. The fourth-order valence-corrected chi connectivity index (χ4v) is 2.58. The summed E-state index contributed by atoms with van der Waals surface area (Å²) in [4.78, 5) is 2.34. The highest BCUT2D eigenvalue weighted by atomic mass is 79.9. The van der Waals surface area contributed by atoms with Crippen molar-refractivity contribution in [1.82, 2.24) is 0 Å². The van der Waals surface area contributed by atoms with Crippen LogP contribution in [0.4, 0.5) is 5.69 Å². The highest BCUT2D eigenvalue weighted by molar-refractivity contribution is 9.10. The third-order valence-corrected chi connectivity index (χ3v) is 3.76. The summed E-state index contributed by atoms with van der Waals surface area (Å²) in [6, 6.07) is 6.10. The Morgan fingerprint density at radius 2 is 2.35 bits per heavy atom.